The van der Waals surface area contributed by atoms with E-state index in [1.165, 1.54) is 5.56 Å². The molecular weight excluding hydrogens is 142 g/mol. The third kappa shape index (κ3) is 1.37. The second-order valence-electron chi connectivity index (χ2n) is 3.14. The van der Waals surface area contributed by atoms with Crippen LogP contribution in [0.3, 0.4) is 0 Å². The van der Waals surface area contributed by atoms with Crippen LogP contribution >= 0.6 is 12.6 Å². The molecular formula is C8H13NS. The second-order valence-corrected chi connectivity index (χ2v) is 3.46. The van der Waals surface area contributed by atoms with Crippen molar-refractivity contribution >= 4 is 12.6 Å². The average Bonchev–Trinajstić information content (AvgIpc) is 2.38. The molecule has 0 radical (unpaired) electrons. The second kappa shape index (κ2) is 2.70. The zero-order valence-electron chi connectivity index (χ0n) is 6.39. The molecule has 0 atom stereocenters. The first-order valence-electron chi connectivity index (χ1n) is 3.41. The summed E-state index contributed by atoms with van der Waals surface area (Å²) in [6.45, 7) is 4.37. The summed E-state index contributed by atoms with van der Waals surface area (Å²) in [5.74, 6) is 0.880. The van der Waals surface area contributed by atoms with Gasteiger partial charge in [-0.25, -0.2) is 0 Å². The lowest BCUT2D eigenvalue weighted by molar-refractivity contribution is 0.605. The molecule has 1 N–H and O–H groups in total. The van der Waals surface area contributed by atoms with Crippen LogP contribution in [-0.2, 0) is 5.41 Å². The molecule has 0 saturated heterocycles. The van der Waals surface area contributed by atoms with Gasteiger partial charge in [0.15, 0.2) is 0 Å². The van der Waals surface area contributed by atoms with Gasteiger partial charge in [0.2, 0.25) is 0 Å². The van der Waals surface area contributed by atoms with E-state index < -0.39 is 0 Å². The Morgan fingerprint density at radius 1 is 1.60 bits per heavy atom. The van der Waals surface area contributed by atoms with Crippen molar-refractivity contribution in [2.45, 2.75) is 19.3 Å². The Morgan fingerprint density at radius 3 is 2.70 bits per heavy atom. The van der Waals surface area contributed by atoms with Gasteiger partial charge in [-0.15, -0.1) is 0 Å². The van der Waals surface area contributed by atoms with Crippen LogP contribution in [-0.4, -0.2) is 10.7 Å². The summed E-state index contributed by atoms with van der Waals surface area (Å²) < 4.78 is 0. The minimum absolute atomic E-state index is 0.198. The van der Waals surface area contributed by atoms with Crippen LogP contribution in [0.4, 0.5) is 0 Å². The van der Waals surface area contributed by atoms with E-state index in [1.54, 1.807) is 0 Å². The molecule has 0 aliphatic carbocycles. The van der Waals surface area contributed by atoms with Crippen LogP contribution in [0.5, 0.6) is 0 Å². The Labute approximate surface area is 67.3 Å². The predicted octanol–water partition coefficient (Wildman–Crippen LogP) is 2.22. The molecule has 0 amide bonds. The number of aromatic amines is 1. The Morgan fingerprint density at radius 2 is 2.30 bits per heavy atom. The van der Waals surface area contributed by atoms with Gasteiger partial charge in [0.25, 0.3) is 0 Å². The normalized spacial score (nSPS) is 11.9. The van der Waals surface area contributed by atoms with Gasteiger partial charge in [0.1, 0.15) is 0 Å². The molecule has 1 nitrogen and oxygen atoms in total. The fourth-order valence-electron chi connectivity index (χ4n) is 0.836. The van der Waals surface area contributed by atoms with Gasteiger partial charge in [-0.2, -0.15) is 12.6 Å². The Hall–Kier alpha value is -0.370. The highest BCUT2D eigenvalue weighted by Gasteiger charge is 2.17. The predicted molar refractivity (Wildman–Crippen MR) is 47.7 cm³/mol. The van der Waals surface area contributed by atoms with Gasteiger partial charge in [-0.3, -0.25) is 0 Å². The molecule has 1 aromatic rings. The van der Waals surface area contributed by atoms with Gasteiger partial charge in [0.05, 0.1) is 0 Å². The highest BCUT2D eigenvalue weighted by atomic mass is 32.1. The molecule has 1 rings (SSSR count). The molecule has 0 spiro atoms. The van der Waals surface area contributed by atoms with Gasteiger partial charge >= 0.3 is 0 Å². The summed E-state index contributed by atoms with van der Waals surface area (Å²) in [5, 5.41) is 0. The average molecular weight is 155 g/mol. The monoisotopic (exact) mass is 155 g/mol. The topological polar surface area (TPSA) is 15.8 Å². The lowest BCUT2D eigenvalue weighted by atomic mass is 9.89. The summed E-state index contributed by atoms with van der Waals surface area (Å²) in [7, 11) is 0. The minimum Gasteiger partial charge on any atom is -0.367 e. The van der Waals surface area contributed by atoms with Gasteiger partial charge in [-0.1, -0.05) is 13.8 Å². The number of H-pyrrole nitrogens is 1. The van der Waals surface area contributed by atoms with Crippen LogP contribution in [0.2, 0.25) is 0 Å². The molecule has 1 aromatic heterocycles. The maximum Gasteiger partial charge on any atom is 0.00431 e. The Kier molecular flexibility index (Phi) is 2.09. The quantitative estimate of drug-likeness (QED) is 0.609. The molecule has 0 fully saturated rings. The maximum atomic E-state index is 4.27. The van der Waals surface area contributed by atoms with E-state index in [-0.39, 0.29) is 5.41 Å². The van der Waals surface area contributed by atoms with E-state index in [9.17, 15) is 0 Å². The lowest BCUT2D eigenvalue weighted by Crippen LogP contribution is -2.17. The number of hydrogen-bond acceptors (Lipinski definition) is 1. The highest BCUT2D eigenvalue weighted by Crippen LogP contribution is 2.23. The van der Waals surface area contributed by atoms with E-state index in [4.69, 9.17) is 0 Å². The standard InChI is InChI=1S/C8H13NS/c1-8(2,6-10)7-3-4-9-5-7/h3-5,9-10H,6H2,1-2H3. The molecule has 0 aromatic carbocycles. The van der Waals surface area contributed by atoms with Gasteiger partial charge in [-0.05, 0) is 22.8 Å². The zero-order chi connectivity index (χ0) is 7.61. The number of thiol groups is 1. The van der Waals surface area contributed by atoms with Crippen molar-refractivity contribution in [3.63, 3.8) is 0 Å². The molecule has 0 unspecified atom stereocenters. The summed E-state index contributed by atoms with van der Waals surface area (Å²) in [6.07, 6.45) is 3.97. The van der Waals surface area contributed by atoms with Crippen molar-refractivity contribution in [2.75, 3.05) is 5.75 Å². The third-order valence-electron chi connectivity index (χ3n) is 1.77. The summed E-state index contributed by atoms with van der Waals surface area (Å²) in [4.78, 5) is 3.04. The smallest absolute Gasteiger partial charge is 0.00431 e. The first-order valence-corrected chi connectivity index (χ1v) is 4.04. The molecule has 0 aliphatic rings. The number of hydrogen-bond donors (Lipinski definition) is 2. The van der Waals surface area contributed by atoms with Gasteiger partial charge < -0.3 is 4.98 Å². The molecule has 0 bridgehead atoms. The van der Waals surface area contributed by atoms with E-state index in [1.807, 2.05) is 12.4 Å². The van der Waals surface area contributed by atoms with Crippen molar-refractivity contribution < 1.29 is 0 Å². The molecule has 1 heterocycles. The zero-order valence-corrected chi connectivity index (χ0v) is 7.28. The fourth-order valence-corrected chi connectivity index (χ4v) is 1.02. The molecule has 0 saturated carbocycles. The molecule has 10 heavy (non-hydrogen) atoms. The van der Waals surface area contributed by atoms with Crippen LogP contribution in [0, 0.1) is 0 Å². The number of rotatable bonds is 2. The number of aromatic nitrogens is 1. The van der Waals surface area contributed by atoms with Crippen molar-refractivity contribution in [3.05, 3.63) is 24.0 Å². The van der Waals surface area contributed by atoms with Crippen molar-refractivity contribution in [1.29, 1.82) is 0 Å². The third-order valence-corrected chi connectivity index (χ3v) is 2.57. The SMILES string of the molecule is CC(C)(CS)c1cc[nH]c1. The summed E-state index contributed by atoms with van der Waals surface area (Å²) >= 11 is 4.27. The molecule has 2 heteroatoms. The molecule has 0 aliphatic heterocycles. The first kappa shape index (κ1) is 7.73. The van der Waals surface area contributed by atoms with Crippen LogP contribution in [0.25, 0.3) is 0 Å². The summed E-state index contributed by atoms with van der Waals surface area (Å²) in [5.41, 5.74) is 1.52. The Balaban J connectivity index is 2.85. The Bertz CT molecular complexity index is 189. The fraction of sp³-hybridized carbons (Fsp3) is 0.500. The van der Waals surface area contributed by atoms with Crippen molar-refractivity contribution in [2.24, 2.45) is 0 Å². The maximum absolute atomic E-state index is 4.27. The van der Waals surface area contributed by atoms with Gasteiger partial charge in [0, 0.05) is 12.4 Å². The van der Waals surface area contributed by atoms with Crippen molar-refractivity contribution in [3.8, 4) is 0 Å². The number of nitrogens with one attached hydrogen (secondary N) is 1. The lowest BCUT2D eigenvalue weighted by Gasteiger charge is -2.19. The van der Waals surface area contributed by atoms with E-state index in [0.717, 1.165) is 5.75 Å². The van der Waals surface area contributed by atoms with E-state index >= 15 is 0 Å². The van der Waals surface area contributed by atoms with E-state index in [2.05, 4.69) is 37.5 Å². The minimum atomic E-state index is 0.198. The van der Waals surface area contributed by atoms with E-state index in [0.29, 0.717) is 0 Å². The van der Waals surface area contributed by atoms with Crippen LogP contribution in [0.15, 0.2) is 18.5 Å². The van der Waals surface area contributed by atoms with Crippen molar-refractivity contribution in [1.82, 2.24) is 4.98 Å². The molecule has 56 valence electrons. The van der Waals surface area contributed by atoms with Crippen LogP contribution < -0.4 is 0 Å². The summed E-state index contributed by atoms with van der Waals surface area (Å²) in [6, 6.07) is 2.09. The highest BCUT2D eigenvalue weighted by molar-refractivity contribution is 7.80. The largest absolute Gasteiger partial charge is 0.367 e. The first-order chi connectivity index (χ1) is 4.67. The van der Waals surface area contributed by atoms with Crippen LogP contribution in [0.1, 0.15) is 19.4 Å².